The fourth-order valence-corrected chi connectivity index (χ4v) is 5.53. The minimum Gasteiger partial charge on any atom is -0.493 e. The molecule has 4 aromatic carbocycles. The molecule has 46 heavy (non-hydrogen) atoms. The van der Waals surface area contributed by atoms with E-state index in [0.29, 0.717) is 63.7 Å². The van der Waals surface area contributed by atoms with Crippen LogP contribution in [0.1, 0.15) is 33.6 Å². The Morgan fingerprint density at radius 1 is 0.804 bits per heavy atom. The molecule has 0 atom stereocenters. The van der Waals surface area contributed by atoms with Crippen molar-refractivity contribution >= 4 is 40.1 Å². The van der Waals surface area contributed by atoms with Gasteiger partial charge in [0.15, 0.2) is 18.1 Å². The number of carbonyl (C=O) groups is 2. The van der Waals surface area contributed by atoms with Crippen molar-refractivity contribution in [1.82, 2.24) is 4.98 Å². The minimum atomic E-state index is -0.578. The molecular formula is C37H32N2O7. The molecule has 1 aliphatic carbocycles. The molecule has 5 aromatic rings. The number of allylic oxidation sites excluding steroid dienone is 1. The van der Waals surface area contributed by atoms with Crippen molar-refractivity contribution < 1.29 is 33.3 Å². The van der Waals surface area contributed by atoms with Crippen molar-refractivity contribution in [2.75, 3.05) is 33.3 Å². The Morgan fingerprint density at radius 3 is 2.17 bits per heavy atom. The molecule has 1 aromatic heterocycles. The lowest BCUT2D eigenvalue weighted by Gasteiger charge is -2.14. The lowest BCUT2D eigenvalue weighted by molar-refractivity contribution is -0.119. The van der Waals surface area contributed by atoms with E-state index in [-0.39, 0.29) is 0 Å². The summed E-state index contributed by atoms with van der Waals surface area (Å²) in [6, 6.07) is 27.5. The Kier molecular flexibility index (Phi) is 8.82. The molecular weight excluding hydrogens is 584 g/mol. The number of ether oxygens (including phenoxy) is 5. The zero-order chi connectivity index (χ0) is 32.0. The number of anilines is 1. The summed E-state index contributed by atoms with van der Waals surface area (Å²) in [6.07, 6.45) is 3.27. The van der Waals surface area contributed by atoms with E-state index < -0.39 is 18.5 Å². The number of nitrogens with zero attached hydrogens (tertiary/aromatic N) is 1. The summed E-state index contributed by atoms with van der Waals surface area (Å²) in [5.74, 6) is 1.90. The first kappa shape index (κ1) is 30.2. The average Bonchev–Trinajstić information content (AvgIpc) is 3.48. The molecule has 9 heteroatoms. The van der Waals surface area contributed by atoms with Crippen molar-refractivity contribution in [1.29, 1.82) is 0 Å². The fourth-order valence-electron chi connectivity index (χ4n) is 5.53. The molecule has 0 saturated heterocycles. The summed E-state index contributed by atoms with van der Waals surface area (Å²) in [5, 5.41) is 3.44. The molecule has 0 aliphatic heterocycles. The van der Waals surface area contributed by atoms with Gasteiger partial charge in [0, 0.05) is 11.1 Å². The van der Waals surface area contributed by atoms with Crippen LogP contribution in [0.5, 0.6) is 28.7 Å². The lowest BCUT2D eigenvalue weighted by Crippen LogP contribution is -2.21. The van der Waals surface area contributed by atoms with Crippen LogP contribution < -0.4 is 24.3 Å². The van der Waals surface area contributed by atoms with Crippen LogP contribution >= 0.6 is 0 Å². The van der Waals surface area contributed by atoms with Crippen molar-refractivity contribution in [2.45, 2.75) is 12.8 Å². The van der Waals surface area contributed by atoms with Gasteiger partial charge in [-0.2, -0.15) is 0 Å². The quantitative estimate of drug-likeness (QED) is 0.163. The monoisotopic (exact) mass is 616 g/mol. The number of hydrogen-bond donors (Lipinski definition) is 1. The molecule has 0 spiro atoms. The van der Waals surface area contributed by atoms with Crippen LogP contribution in [0.15, 0.2) is 91.0 Å². The highest BCUT2D eigenvalue weighted by Crippen LogP contribution is 2.41. The molecule has 6 rings (SSSR count). The normalized spacial score (nSPS) is 12.8. The summed E-state index contributed by atoms with van der Waals surface area (Å²) in [7, 11) is 4.70. The maximum atomic E-state index is 13.6. The predicted octanol–water partition coefficient (Wildman–Crippen LogP) is 7.34. The molecule has 0 fully saturated rings. The second-order valence-electron chi connectivity index (χ2n) is 10.5. The summed E-state index contributed by atoms with van der Waals surface area (Å²) in [5.41, 5.74) is 4.95. The van der Waals surface area contributed by atoms with Crippen LogP contribution in [-0.4, -0.2) is 44.8 Å². The van der Waals surface area contributed by atoms with Gasteiger partial charge in [0.1, 0.15) is 11.5 Å². The highest BCUT2D eigenvalue weighted by molar-refractivity contribution is 6.08. The standard InChI is InChI=1S/C37H32N2O7/c1-42-31-20-23(21-32(43-2)36(31)44-3)19-24-13-18-29-34(28-11-7-8-12-30(28)39-35(24)29)37(41)45-22-33(40)38-25-14-16-27(17-15-25)46-26-9-5-4-6-10-26/h4-12,14-17,19-21H,13,18,22H2,1-3H3,(H,38,40)/b24-19-. The van der Waals surface area contributed by atoms with Gasteiger partial charge < -0.3 is 29.0 Å². The van der Waals surface area contributed by atoms with Crippen LogP contribution in [0.4, 0.5) is 5.69 Å². The molecule has 0 unspecified atom stereocenters. The Morgan fingerprint density at radius 2 is 1.48 bits per heavy atom. The van der Waals surface area contributed by atoms with E-state index in [0.717, 1.165) is 22.4 Å². The number of aromatic nitrogens is 1. The first-order valence-corrected chi connectivity index (χ1v) is 14.7. The smallest absolute Gasteiger partial charge is 0.339 e. The van der Waals surface area contributed by atoms with Gasteiger partial charge >= 0.3 is 5.97 Å². The van der Waals surface area contributed by atoms with Crippen LogP contribution in [0, 0.1) is 0 Å². The molecule has 0 radical (unpaired) electrons. The average molecular weight is 617 g/mol. The maximum Gasteiger partial charge on any atom is 0.339 e. The minimum absolute atomic E-state index is 0.420. The molecule has 9 nitrogen and oxygen atoms in total. The van der Waals surface area contributed by atoms with E-state index >= 15 is 0 Å². The van der Waals surface area contributed by atoms with Crippen molar-refractivity contribution in [2.24, 2.45) is 0 Å². The van der Waals surface area contributed by atoms with E-state index in [1.807, 2.05) is 72.8 Å². The Hall–Kier alpha value is -5.83. The number of pyridine rings is 1. The molecule has 1 N–H and O–H groups in total. The fraction of sp³-hybridized carbons (Fsp3) is 0.162. The van der Waals surface area contributed by atoms with Crippen molar-refractivity contribution in [3.63, 3.8) is 0 Å². The third kappa shape index (κ3) is 6.34. The zero-order valence-electron chi connectivity index (χ0n) is 25.7. The lowest BCUT2D eigenvalue weighted by atomic mass is 10.0. The Labute approximate surface area is 266 Å². The Balaban J connectivity index is 1.20. The van der Waals surface area contributed by atoms with Crippen LogP contribution in [0.3, 0.4) is 0 Å². The number of para-hydroxylation sites is 2. The van der Waals surface area contributed by atoms with E-state index in [1.165, 1.54) is 0 Å². The van der Waals surface area contributed by atoms with Gasteiger partial charge in [-0.1, -0.05) is 36.4 Å². The van der Waals surface area contributed by atoms with Gasteiger partial charge in [-0.15, -0.1) is 0 Å². The van der Waals surface area contributed by atoms with Crippen molar-refractivity contribution in [3.8, 4) is 28.7 Å². The highest BCUT2D eigenvalue weighted by atomic mass is 16.5. The number of fused-ring (bicyclic) bond motifs is 2. The third-order valence-electron chi connectivity index (χ3n) is 7.63. The Bertz CT molecular complexity index is 1910. The summed E-state index contributed by atoms with van der Waals surface area (Å²) < 4.78 is 27.9. The SMILES string of the molecule is COc1cc(/C=C2/CCc3c2nc2ccccc2c3C(=O)OCC(=O)Nc2ccc(Oc3ccccc3)cc2)cc(OC)c1OC. The topological polar surface area (TPSA) is 105 Å². The zero-order valence-corrected chi connectivity index (χ0v) is 25.7. The summed E-state index contributed by atoms with van der Waals surface area (Å²) in [6.45, 7) is -0.444. The van der Waals surface area contributed by atoms with Crippen LogP contribution in [0.2, 0.25) is 0 Å². The van der Waals surface area contributed by atoms with E-state index in [4.69, 9.17) is 28.7 Å². The number of methoxy groups -OCH3 is 3. The van der Waals surface area contributed by atoms with E-state index in [2.05, 4.69) is 5.32 Å². The van der Waals surface area contributed by atoms with Gasteiger partial charge in [0.05, 0.1) is 38.1 Å². The van der Waals surface area contributed by atoms with Gasteiger partial charge in [0.2, 0.25) is 5.75 Å². The van der Waals surface area contributed by atoms with Crippen molar-refractivity contribution in [3.05, 3.63) is 113 Å². The number of hydrogen-bond acceptors (Lipinski definition) is 8. The maximum absolute atomic E-state index is 13.6. The number of rotatable bonds is 10. The van der Waals surface area contributed by atoms with Gasteiger partial charge in [-0.25, -0.2) is 9.78 Å². The first-order valence-electron chi connectivity index (χ1n) is 14.7. The van der Waals surface area contributed by atoms with E-state index in [9.17, 15) is 9.59 Å². The van der Waals surface area contributed by atoms with E-state index in [1.54, 1.807) is 45.6 Å². The molecule has 232 valence electrons. The van der Waals surface area contributed by atoms with Gasteiger partial charge in [-0.05, 0) is 90.2 Å². The molecule has 0 bridgehead atoms. The second-order valence-corrected chi connectivity index (χ2v) is 10.5. The van der Waals surface area contributed by atoms with Gasteiger partial charge in [0.25, 0.3) is 5.91 Å². The highest BCUT2D eigenvalue weighted by Gasteiger charge is 2.28. The number of benzene rings is 4. The molecule has 0 saturated carbocycles. The molecule has 1 amide bonds. The number of nitrogens with one attached hydrogen (secondary N) is 1. The molecule has 1 heterocycles. The van der Waals surface area contributed by atoms with Crippen LogP contribution in [0.25, 0.3) is 22.6 Å². The van der Waals surface area contributed by atoms with Crippen LogP contribution in [-0.2, 0) is 16.0 Å². The number of amides is 1. The number of carbonyl (C=O) groups excluding carboxylic acids is 2. The molecule has 1 aliphatic rings. The first-order chi connectivity index (χ1) is 22.5. The number of esters is 1. The summed E-state index contributed by atoms with van der Waals surface area (Å²) >= 11 is 0. The van der Waals surface area contributed by atoms with Gasteiger partial charge in [-0.3, -0.25) is 4.79 Å². The summed E-state index contributed by atoms with van der Waals surface area (Å²) in [4.78, 5) is 31.3. The largest absolute Gasteiger partial charge is 0.493 e. The predicted molar refractivity (Wildman–Crippen MR) is 176 cm³/mol. The third-order valence-corrected chi connectivity index (χ3v) is 7.63. The second kappa shape index (κ2) is 13.4.